The van der Waals surface area contributed by atoms with Gasteiger partial charge in [-0.05, 0) is 23.6 Å². The molecule has 27 heavy (non-hydrogen) atoms. The highest BCUT2D eigenvalue weighted by atomic mass is 16.5. The first-order valence-electron chi connectivity index (χ1n) is 8.30. The fourth-order valence-electron chi connectivity index (χ4n) is 2.50. The van der Waals surface area contributed by atoms with Gasteiger partial charge in [0.2, 0.25) is 5.75 Å². The molecule has 9 heteroatoms. The Kier molecular flexibility index (Phi) is 8.37. The first kappa shape index (κ1) is 22.1. The summed E-state index contributed by atoms with van der Waals surface area (Å²) < 4.78 is 15.7. The Morgan fingerprint density at radius 2 is 1.67 bits per heavy atom. The van der Waals surface area contributed by atoms with Crippen LogP contribution in [0, 0.1) is 5.92 Å². The summed E-state index contributed by atoms with van der Waals surface area (Å²) in [5, 5.41) is 23.8. The third-order valence-corrected chi connectivity index (χ3v) is 3.75. The van der Waals surface area contributed by atoms with Crippen LogP contribution in [0.5, 0.6) is 17.2 Å². The molecule has 0 radical (unpaired) electrons. The number of nitrogens with zero attached hydrogens (tertiary/aromatic N) is 1. The molecular formula is C18H26N2O7. The van der Waals surface area contributed by atoms with E-state index in [0.29, 0.717) is 22.8 Å². The molecule has 0 spiro atoms. The van der Waals surface area contributed by atoms with Crippen LogP contribution in [0.25, 0.3) is 0 Å². The lowest BCUT2D eigenvalue weighted by molar-refractivity contribution is -0.141. The molecule has 9 nitrogen and oxygen atoms in total. The second-order valence-electron chi connectivity index (χ2n) is 6.25. The highest BCUT2D eigenvalue weighted by Crippen LogP contribution is 2.38. The maximum atomic E-state index is 12.2. The summed E-state index contributed by atoms with van der Waals surface area (Å²) in [6, 6.07) is 1.99. The number of amides is 1. The van der Waals surface area contributed by atoms with Crippen molar-refractivity contribution in [3.05, 3.63) is 17.7 Å². The smallest absolute Gasteiger partial charge is 0.326 e. The summed E-state index contributed by atoms with van der Waals surface area (Å²) in [6.45, 7) is 3.70. The largest absolute Gasteiger partial charge is 0.493 e. The third-order valence-electron chi connectivity index (χ3n) is 3.75. The van der Waals surface area contributed by atoms with Crippen LogP contribution in [-0.4, -0.2) is 55.3 Å². The van der Waals surface area contributed by atoms with Crippen molar-refractivity contribution in [1.82, 2.24) is 5.32 Å². The summed E-state index contributed by atoms with van der Waals surface area (Å²) in [5.41, 5.74) is 0.435. The molecule has 0 saturated carbocycles. The number of carbonyl (C=O) groups is 2. The van der Waals surface area contributed by atoms with Crippen LogP contribution < -0.4 is 19.5 Å². The average molecular weight is 382 g/mol. The number of oxime groups is 1. The molecule has 0 fully saturated rings. The van der Waals surface area contributed by atoms with E-state index >= 15 is 0 Å². The number of hydrogen-bond donors (Lipinski definition) is 3. The van der Waals surface area contributed by atoms with Gasteiger partial charge in [0, 0.05) is 12.8 Å². The van der Waals surface area contributed by atoms with Crippen LogP contribution in [-0.2, 0) is 16.0 Å². The van der Waals surface area contributed by atoms with Crippen LogP contribution in [0.2, 0.25) is 0 Å². The highest BCUT2D eigenvalue weighted by Gasteiger charge is 2.25. The SMILES string of the molecule is COc1cc(C[C@H](NC(=O)C(CC(C)C)=NO)C(=O)O)cc(OC)c1OC. The minimum Gasteiger partial charge on any atom is -0.493 e. The Hall–Kier alpha value is -2.97. The van der Waals surface area contributed by atoms with Crippen molar-refractivity contribution in [2.75, 3.05) is 21.3 Å². The van der Waals surface area contributed by atoms with Crippen molar-refractivity contribution >= 4 is 17.6 Å². The summed E-state index contributed by atoms with van der Waals surface area (Å²) in [6.07, 6.45) is 0.191. The quantitative estimate of drug-likeness (QED) is 0.319. The molecule has 3 N–H and O–H groups in total. The van der Waals surface area contributed by atoms with E-state index in [1.807, 2.05) is 13.8 Å². The molecule has 0 aliphatic heterocycles. The van der Waals surface area contributed by atoms with Crippen molar-refractivity contribution in [2.24, 2.45) is 11.1 Å². The zero-order valence-electron chi connectivity index (χ0n) is 16.1. The van der Waals surface area contributed by atoms with E-state index in [-0.39, 0.29) is 24.5 Å². The lowest BCUT2D eigenvalue weighted by Gasteiger charge is -2.18. The Balaban J connectivity index is 3.07. The van der Waals surface area contributed by atoms with E-state index < -0.39 is 17.9 Å². The average Bonchev–Trinajstić information content (AvgIpc) is 2.63. The number of carboxylic acids is 1. The topological polar surface area (TPSA) is 127 Å². The van der Waals surface area contributed by atoms with Gasteiger partial charge in [-0.15, -0.1) is 0 Å². The van der Waals surface area contributed by atoms with Crippen molar-refractivity contribution < 1.29 is 34.1 Å². The van der Waals surface area contributed by atoms with E-state index in [1.165, 1.54) is 21.3 Å². The molecule has 0 aliphatic carbocycles. The standard InChI is InChI=1S/C18H26N2O7/c1-10(2)6-12(20-24)17(21)19-13(18(22)23)7-11-8-14(25-3)16(27-5)15(9-11)26-4/h8-10,13,24H,6-7H2,1-5H3,(H,19,21)(H,22,23)/t13-/m0/s1. The van der Waals surface area contributed by atoms with Gasteiger partial charge in [-0.1, -0.05) is 19.0 Å². The van der Waals surface area contributed by atoms with Crippen molar-refractivity contribution in [1.29, 1.82) is 0 Å². The van der Waals surface area contributed by atoms with Gasteiger partial charge in [0.15, 0.2) is 11.5 Å². The van der Waals surface area contributed by atoms with Gasteiger partial charge in [-0.2, -0.15) is 0 Å². The molecule has 1 atom stereocenters. The highest BCUT2D eigenvalue weighted by molar-refractivity contribution is 6.39. The van der Waals surface area contributed by atoms with Crippen LogP contribution in [0.3, 0.4) is 0 Å². The number of carboxylic acid groups (broad SMARTS) is 1. The fourth-order valence-corrected chi connectivity index (χ4v) is 2.50. The molecule has 0 aromatic heterocycles. The second kappa shape index (κ2) is 10.2. The Labute approximate surface area is 157 Å². The third kappa shape index (κ3) is 6.05. The maximum Gasteiger partial charge on any atom is 0.326 e. The fraction of sp³-hybridized carbons (Fsp3) is 0.500. The maximum absolute atomic E-state index is 12.2. The zero-order chi connectivity index (χ0) is 20.6. The summed E-state index contributed by atoms with van der Waals surface area (Å²) >= 11 is 0. The molecule has 1 rings (SSSR count). The van der Waals surface area contributed by atoms with E-state index in [0.717, 1.165) is 0 Å². The number of hydrogen-bond acceptors (Lipinski definition) is 7. The van der Waals surface area contributed by atoms with Crippen LogP contribution >= 0.6 is 0 Å². The summed E-state index contributed by atoms with van der Waals surface area (Å²) in [5.74, 6) is -0.754. The van der Waals surface area contributed by atoms with Gasteiger partial charge in [-0.25, -0.2) is 4.79 Å². The Morgan fingerprint density at radius 1 is 1.11 bits per heavy atom. The van der Waals surface area contributed by atoms with Gasteiger partial charge < -0.3 is 29.8 Å². The predicted octanol–water partition coefficient (Wildman–Crippen LogP) is 1.70. The minimum absolute atomic E-state index is 0.0296. The van der Waals surface area contributed by atoms with Crippen molar-refractivity contribution in [3.63, 3.8) is 0 Å². The number of methoxy groups -OCH3 is 3. The van der Waals surface area contributed by atoms with Gasteiger partial charge >= 0.3 is 5.97 Å². The number of ether oxygens (including phenoxy) is 3. The number of carbonyl (C=O) groups excluding carboxylic acids is 1. The van der Waals surface area contributed by atoms with E-state index in [2.05, 4.69) is 10.5 Å². The molecule has 1 aromatic carbocycles. The molecule has 0 heterocycles. The van der Waals surface area contributed by atoms with E-state index in [1.54, 1.807) is 12.1 Å². The monoisotopic (exact) mass is 382 g/mol. The molecule has 0 saturated heterocycles. The van der Waals surface area contributed by atoms with Crippen molar-refractivity contribution in [2.45, 2.75) is 32.7 Å². The predicted molar refractivity (Wildman–Crippen MR) is 98.0 cm³/mol. The number of nitrogens with one attached hydrogen (secondary N) is 1. The molecule has 1 aromatic rings. The number of aliphatic carboxylic acids is 1. The number of rotatable bonds is 10. The first-order chi connectivity index (χ1) is 12.8. The second-order valence-corrected chi connectivity index (χ2v) is 6.25. The summed E-state index contributed by atoms with van der Waals surface area (Å²) in [7, 11) is 4.37. The zero-order valence-corrected chi connectivity index (χ0v) is 16.1. The van der Waals surface area contributed by atoms with Gasteiger partial charge in [0.25, 0.3) is 5.91 Å². The molecule has 0 bridgehead atoms. The van der Waals surface area contributed by atoms with Gasteiger partial charge in [0.1, 0.15) is 11.8 Å². The Bertz CT molecular complexity index is 676. The van der Waals surface area contributed by atoms with E-state index in [4.69, 9.17) is 19.4 Å². The summed E-state index contributed by atoms with van der Waals surface area (Å²) in [4.78, 5) is 23.8. The normalized spacial score (nSPS) is 12.4. The molecular weight excluding hydrogens is 356 g/mol. The molecule has 150 valence electrons. The number of benzene rings is 1. The van der Waals surface area contributed by atoms with Crippen LogP contribution in [0.1, 0.15) is 25.8 Å². The van der Waals surface area contributed by atoms with Crippen LogP contribution in [0.4, 0.5) is 0 Å². The van der Waals surface area contributed by atoms with Crippen molar-refractivity contribution in [3.8, 4) is 17.2 Å². The van der Waals surface area contributed by atoms with E-state index in [9.17, 15) is 14.7 Å². The molecule has 0 unspecified atom stereocenters. The first-order valence-corrected chi connectivity index (χ1v) is 8.30. The van der Waals surface area contributed by atoms with Gasteiger partial charge in [0.05, 0.1) is 21.3 Å². The van der Waals surface area contributed by atoms with Crippen LogP contribution in [0.15, 0.2) is 17.3 Å². The molecule has 1 amide bonds. The molecule has 0 aliphatic rings. The minimum atomic E-state index is -1.23. The van der Waals surface area contributed by atoms with Gasteiger partial charge in [-0.3, -0.25) is 4.79 Å². The Morgan fingerprint density at radius 3 is 2.04 bits per heavy atom. The lowest BCUT2D eigenvalue weighted by atomic mass is 10.0. The lowest BCUT2D eigenvalue weighted by Crippen LogP contribution is -2.45.